The van der Waals surface area contributed by atoms with Crippen LogP contribution < -0.4 is 9.47 Å². The first-order chi connectivity index (χ1) is 12.3. The molecule has 0 radical (unpaired) electrons. The smallest absolute Gasteiger partial charge is 0.387 e. The molecular formula is C18H17F4NO3. The number of hydrogen-bond donors (Lipinski definition) is 0. The van der Waals surface area contributed by atoms with Gasteiger partial charge in [0.25, 0.3) is 0 Å². The van der Waals surface area contributed by atoms with Crippen molar-refractivity contribution in [3.05, 3.63) is 59.7 Å². The molecule has 1 amide bonds. The Bertz CT molecular complexity index is 705. The monoisotopic (exact) mass is 371 g/mol. The molecule has 0 bridgehead atoms. The molecule has 0 aromatic heterocycles. The molecule has 0 N–H and O–H groups in total. The van der Waals surface area contributed by atoms with E-state index in [1.54, 1.807) is 31.3 Å². The number of hydrogen-bond acceptors (Lipinski definition) is 3. The van der Waals surface area contributed by atoms with E-state index in [1.165, 1.54) is 29.2 Å². The second-order valence-corrected chi connectivity index (χ2v) is 5.47. The van der Waals surface area contributed by atoms with Gasteiger partial charge in [-0.2, -0.15) is 17.6 Å². The Morgan fingerprint density at radius 1 is 0.846 bits per heavy atom. The maximum absolute atomic E-state index is 12.2. The predicted molar refractivity (Wildman–Crippen MR) is 86.3 cm³/mol. The molecule has 2 rings (SSSR count). The van der Waals surface area contributed by atoms with Crippen LogP contribution in [-0.4, -0.2) is 31.1 Å². The van der Waals surface area contributed by atoms with Crippen LogP contribution in [0.1, 0.15) is 11.1 Å². The van der Waals surface area contributed by atoms with Crippen LogP contribution in [-0.2, 0) is 17.8 Å². The lowest BCUT2D eigenvalue weighted by Crippen LogP contribution is -2.27. The van der Waals surface area contributed by atoms with E-state index in [9.17, 15) is 22.4 Å². The molecule has 0 aliphatic rings. The van der Waals surface area contributed by atoms with Crippen molar-refractivity contribution in [3.63, 3.8) is 0 Å². The standard InChI is InChI=1S/C18H17F4NO3/c1-23(11-13-4-8-15(9-5-13)26-18(21)22)16(24)10-12-2-6-14(7-3-12)25-17(19)20/h2-9,17-18H,10-11H2,1H3. The van der Waals surface area contributed by atoms with E-state index in [0.717, 1.165) is 5.56 Å². The third kappa shape index (κ3) is 6.27. The Morgan fingerprint density at radius 3 is 1.69 bits per heavy atom. The topological polar surface area (TPSA) is 38.8 Å². The highest BCUT2D eigenvalue weighted by molar-refractivity contribution is 5.78. The quantitative estimate of drug-likeness (QED) is 0.656. The molecule has 0 aliphatic carbocycles. The predicted octanol–water partition coefficient (Wildman–Crippen LogP) is 4.09. The number of ether oxygens (including phenoxy) is 2. The van der Waals surface area contributed by atoms with Crippen LogP contribution in [0.5, 0.6) is 11.5 Å². The van der Waals surface area contributed by atoms with Crippen molar-refractivity contribution < 1.29 is 31.8 Å². The van der Waals surface area contributed by atoms with E-state index in [4.69, 9.17) is 0 Å². The Morgan fingerprint density at radius 2 is 1.27 bits per heavy atom. The highest BCUT2D eigenvalue weighted by Crippen LogP contribution is 2.17. The average molecular weight is 371 g/mol. The first-order valence-corrected chi connectivity index (χ1v) is 7.65. The molecule has 0 aliphatic heterocycles. The Kier molecular flexibility index (Phi) is 6.82. The molecule has 8 heteroatoms. The van der Waals surface area contributed by atoms with Crippen molar-refractivity contribution in [1.82, 2.24) is 4.90 Å². The highest BCUT2D eigenvalue weighted by Gasteiger charge is 2.12. The van der Waals surface area contributed by atoms with Gasteiger partial charge in [-0.05, 0) is 35.4 Å². The van der Waals surface area contributed by atoms with Crippen LogP contribution in [0.4, 0.5) is 17.6 Å². The van der Waals surface area contributed by atoms with Crippen molar-refractivity contribution in [2.45, 2.75) is 26.2 Å². The molecule has 2 aromatic rings. The number of amides is 1. The van der Waals surface area contributed by atoms with Gasteiger partial charge in [0.1, 0.15) is 11.5 Å². The van der Waals surface area contributed by atoms with Crippen LogP contribution in [0.25, 0.3) is 0 Å². The molecule has 2 aromatic carbocycles. The van der Waals surface area contributed by atoms with E-state index >= 15 is 0 Å². The molecule has 0 heterocycles. The van der Waals surface area contributed by atoms with Gasteiger partial charge in [-0.25, -0.2) is 0 Å². The van der Waals surface area contributed by atoms with E-state index in [1.807, 2.05) is 0 Å². The number of nitrogens with zero attached hydrogens (tertiary/aromatic N) is 1. The van der Waals surface area contributed by atoms with E-state index in [-0.39, 0.29) is 23.8 Å². The van der Waals surface area contributed by atoms with Gasteiger partial charge in [0, 0.05) is 13.6 Å². The summed E-state index contributed by atoms with van der Waals surface area (Å²) in [6, 6.07) is 11.8. The molecule has 0 spiro atoms. The van der Waals surface area contributed by atoms with Crippen LogP contribution in [0.3, 0.4) is 0 Å². The SMILES string of the molecule is CN(Cc1ccc(OC(F)F)cc1)C(=O)Cc1ccc(OC(F)F)cc1. The Balaban J connectivity index is 1.88. The second kappa shape index (κ2) is 9.07. The zero-order chi connectivity index (χ0) is 19.1. The second-order valence-electron chi connectivity index (χ2n) is 5.47. The molecule has 0 unspecified atom stereocenters. The summed E-state index contributed by atoms with van der Waals surface area (Å²) in [6.07, 6.45) is 0.0953. The molecule has 4 nitrogen and oxygen atoms in total. The van der Waals surface area contributed by atoms with Gasteiger partial charge in [-0.1, -0.05) is 24.3 Å². The summed E-state index contributed by atoms with van der Waals surface area (Å²) in [6.45, 7) is -5.49. The van der Waals surface area contributed by atoms with Crippen LogP contribution in [0.2, 0.25) is 0 Å². The van der Waals surface area contributed by atoms with E-state index in [2.05, 4.69) is 9.47 Å². The van der Waals surface area contributed by atoms with Crippen molar-refractivity contribution in [2.24, 2.45) is 0 Å². The molecule has 0 saturated carbocycles. The van der Waals surface area contributed by atoms with Gasteiger partial charge in [0.05, 0.1) is 6.42 Å². The summed E-state index contributed by atoms with van der Waals surface area (Å²) >= 11 is 0. The van der Waals surface area contributed by atoms with E-state index < -0.39 is 13.2 Å². The Labute approximate surface area is 147 Å². The summed E-state index contributed by atoms with van der Waals surface area (Å²) < 4.78 is 56.9. The zero-order valence-corrected chi connectivity index (χ0v) is 13.9. The van der Waals surface area contributed by atoms with Gasteiger partial charge < -0.3 is 14.4 Å². The highest BCUT2D eigenvalue weighted by atomic mass is 19.3. The third-order valence-corrected chi connectivity index (χ3v) is 3.50. The maximum atomic E-state index is 12.2. The number of alkyl halides is 4. The lowest BCUT2D eigenvalue weighted by Gasteiger charge is -2.18. The minimum atomic E-state index is -2.90. The number of benzene rings is 2. The lowest BCUT2D eigenvalue weighted by atomic mass is 10.1. The number of halogens is 4. The fourth-order valence-electron chi connectivity index (χ4n) is 2.24. The van der Waals surface area contributed by atoms with Crippen LogP contribution >= 0.6 is 0 Å². The van der Waals surface area contributed by atoms with Crippen molar-refractivity contribution in [1.29, 1.82) is 0 Å². The van der Waals surface area contributed by atoms with Gasteiger partial charge in [0.2, 0.25) is 5.91 Å². The average Bonchev–Trinajstić information content (AvgIpc) is 2.57. The molecule has 0 atom stereocenters. The largest absolute Gasteiger partial charge is 0.435 e. The van der Waals surface area contributed by atoms with E-state index in [0.29, 0.717) is 12.1 Å². The maximum Gasteiger partial charge on any atom is 0.387 e. The lowest BCUT2D eigenvalue weighted by molar-refractivity contribution is -0.129. The molecule has 140 valence electrons. The van der Waals surface area contributed by atoms with Gasteiger partial charge >= 0.3 is 13.2 Å². The summed E-state index contributed by atoms with van der Waals surface area (Å²) in [5.41, 5.74) is 1.41. The molecule has 0 saturated heterocycles. The zero-order valence-electron chi connectivity index (χ0n) is 13.9. The van der Waals surface area contributed by atoms with Crippen LogP contribution in [0.15, 0.2) is 48.5 Å². The first-order valence-electron chi connectivity index (χ1n) is 7.65. The van der Waals surface area contributed by atoms with Gasteiger partial charge in [-0.3, -0.25) is 4.79 Å². The third-order valence-electron chi connectivity index (χ3n) is 3.50. The van der Waals surface area contributed by atoms with Crippen molar-refractivity contribution >= 4 is 5.91 Å². The molecule has 0 fully saturated rings. The minimum Gasteiger partial charge on any atom is -0.435 e. The van der Waals surface area contributed by atoms with Crippen molar-refractivity contribution in [3.8, 4) is 11.5 Å². The van der Waals surface area contributed by atoms with Gasteiger partial charge in [0.15, 0.2) is 0 Å². The van der Waals surface area contributed by atoms with Crippen LogP contribution in [0, 0.1) is 0 Å². The molecular weight excluding hydrogens is 354 g/mol. The minimum absolute atomic E-state index is 0.0238. The number of rotatable bonds is 8. The number of carbonyl (C=O) groups excluding carboxylic acids is 1. The number of likely N-dealkylation sites (N-methyl/N-ethyl adjacent to an activating group) is 1. The molecule has 26 heavy (non-hydrogen) atoms. The van der Waals surface area contributed by atoms with Crippen molar-refractivity contribution in [2.75, 3.05) is 7.05 Å². The Hall–Kier alpha value is -2.77. The van der Waals surface area contributed by atoms with Gasteiger partial charge in [-0.15, -0.1) is 0 Å². The summed E-state index contributed by atoms with van der Waals surface area (Å²) in [5, 5.41) is 0. The summed E-state index contributed by atoms with van der Waals surface area (Å²) in [4.78, 5) is 13.7. The normalized spacial score (nSPS) is 10.9. The number of carbonyl (C=O) groups is 1. The fraction of sp³-hybridized carbons (Fsp3) is 0.278. The summed E-state index contributed by atoms with van der Waals surface area (Å²) in [5.74, 6) is -0.111. The fourth-order valence-corrected chi connectivity index (χ4v) is 2.24. The first kappa shape index (κ1) is 19.6. The summed E-state index contributed by atoms with van der Waals surface area (Å²) in [7, 11) is 1.61.